The third-order valence-corrected chi connectivity index (χ3v) is 4.97. The van der Waals surface area contributed by atoms with Crippen LogP contribution in [0.15, 0.2) is 23.6 Å². The van der Waals surface area contributed by atoms with Gasteiger partial charge in [-0.25, -0.2) is 9.97 Å². The largest absolute Gasteiger partial charge is 0.370 e. The molecule has 1 aliphatic rings. The van der Waals surface area contributed by atoms with Crippen LogP contribution in [0.5, 0.6) is 0 Å². The van der Waals surface area contributed by atoms with Gasteiger partial charge in [0.05, 0.1) is 6.04 Å². The predicted molar refractivity (Wildman–Crippen MR) is 89.3 cm³/mol. The van der Waals surface area contributed by atoms with Gasteiger partial charge in [-0.15, -0.1) is 11.3 Å². The van der Waals surface area contributed by atoms with E-state index in [1.165, 1.54) is 17.7 Å². The first-order valence-electron chi connectivity index (χ1n) is 7.58. The summed E-state index contributed by atoms with van der Waals surface area (Å²) >= 11 is 1.79. The second-order valence-corrected chi connectivity index (χ2v) is 6.56. The number of nitrogens with zero attached hydrogens (tertiary/aromatic N) is 3. The second-order valence-electron chi connectivity index (χ2n) is 5.58. The van der Waals surface area contributed by atoms with E-state index < -0.39 is 0 Å². The van der Waals surface area contributed by atoms with Crippen LogP contribution in [-0.4, -0.2) is 23.6 Å². The van der Waals surface area contributed by atoms with E-state index in [-0.39, 0.29) is 0 Å². The molecule has 0 spiro atoms. The van der Waals surface area contributed by atoms with Gasteiger partial charge < -0.3 is 10.2 Å². The maximum atomic E-state index is 4.79. The predicted octanol–water partition coefficient (Wildman–Crippen LogP) is 4.04. The second kappa shape index (κ2) is 6.02. The normalized spacial score (nSPS) is 15.8. The highest BCUT2D eigenvalue weighted by Gasteiger charge is 2.28. The minimum absolute atomic E-state index is 0.321. The average Bonchev–Trinajstić information content (AvgIpc) is 3.21. The number of hydrogen-bond donors (Lipinski definition) is 1. The van der Waals surface area contributed by atoms with Gasteiger partial charge in [-0.3, -0.25) is 0 Å². The van der Waals surface area contributed by atoms with Gasteiger partial charge >= 0.3 is 0 Å². The molecule has 2 aromatic rings. The number of hydrogen-bond acceptors (Lipinski definition) is 5. The first kappa shape index (κ1) is 14.3. The van der Waals surface area contributed by atoms with E-state index in [2.05, 4.69) is 59.7 Å². The molecule has 112 valence electrons. The Morgan fingerprint density at radius 3 is 2.86 bits per heavy atom. The highest BCUT2D eigenvalue weighted by atomic mass is 32.1. The summed E-state index contributed by atoms with van der Waals surface area (Å²) in [5, 5.41) is 5.45. The van der Waals surface area contributed by atoms with Crippen molar-refractivity contribution in [3.8, 4) is 0 Å². The van der Waals surface area contributed by atoms with E-state index in [9.17, 15) is 0 Å². The molecule has 5 heteroatoms. The lowest BCUT2D eigenvalue weighted by Gasteiger charge is -2.26. The Kier molecular flexibility index (Phi) is 4.10. The van der Waals surface area contributed by atoms with Gasteiger partial charge in [0.15, 0.2) is 0 Å². The summed E-state index contributed by atoms with van der Waals surface area (Å²) in [4.78, 5) is 13.0. The SMILES string of the molecule is CCNc1cc(N(C)C(C)c2cccs2)nc(C2CC2)n1. The van der Waals surface area contributed by atoms with Gasteiger partial charge in [-0.05, 0) is 38.1 Å². The van der Waals surface area contributed by atoms with Crippen LogP contribution in [0.3, 0.4) is 0 Å². The Morgan fingerprint density at radius 1 is 1.43 bits per heavy atom. The van der Waals surface area contributed by atoms with Crippen molar-refractivity contribution in [1.82, 2.24) is 9.97 Å². The molecule has 2 heterocycles. The molecular formula is C16H22N4S. The molecule has 0 amide bonds. The third-order valence-electron chi connectivity index (χ3n) is 3.93. The maximum Gasteiger partial charge on any atom is 0.136 e. The zero-order valence-electron chi connectivity index (χ0n) is 12.8. The molecule has 3 rings (SSSR count). The highest BCUT2D eigenvalue weighted by molar-refractivity contribution is 7.10. The van der Waals surface area contributed by atoms with Crippen molar-refractivity contribution in [3.63, 3.8) is 0 Å². The average molecular weight is 302 g/mol. The molecule has 1 unspecified atom stereocenters. The van der Waals surface area contributed by atoms with Gasteiger partial charge in [0.1, 0.15) is 17.5 Å². The molecule has 0 saturated heterocycles. The molecule has 21 heavy (non-hydrogen) atoms. The van der Waals surface area contributed by atoms with Crippen LogP contribution < -0.4 is 10.2 Å². The Balaban J connectivity index is 1.88. The summed E-state index contributed by atoms with van der Waals surface area (Å²) in [6.07, 6.45) is 2.44. The molecule has 0 aliphatic heterocycles. The zero-order chi connectivity index (χ0) is 14.8. The fourth-order valence-corrected chi connectivity index (χ4v) is 3.17. The number of anilines is 2. The van der Waals surface area contributed by atoms with E-state index >= 15 is 0 Å². The third kappa shape index (κ3) is 3.18. The van der Waals surface area contributed by atoms with E-state index in [0.29, 0.717) is 12.0 Å². The molecule has 1 fully saturated rings. The van der Waals surface area contributed by atoms with Crippen LogP contribution in [0.1, 0.15) is 49.4 Å². The van der Waals surface area contributed by atoms with Crippen LogP contribution in [0.2, 0.25) is 0 Å². The summed E-state index contributed by atoms with van der Waals surface area (Å²) < 4.78 is 0. The van der Waals surface area contributed by atoms with Crippen LogP contribution in [0.4, 0.5) is 11.6 Å². The lowest BCUT2D eigenvalue weighted by atomic mass is 10.2. The van der Waals surface area contributed by atoms with Crippen molar-refractivity contribution >= 4 is 23.0 Å². The molecule has 0 bridgehead atoms. The van der Waals surface area contributed by atoms with Gasteiger partial charge in [0.25, 0.3) is 0 Å². The smallest absolute Gasteiger partial charge is 0.136 e. The fourth-order valence-electron chi connectivity index (χ4n) is 2.35. The molecular weight excluding hydrogens is 280 g/mol. The lowest BCUT2D eigenvalue weighted by molar-refractivity contribution is 0.734. The highest BCUT2D eigenvalue weighted by Crippen LogP contribution is 2.39. The van der Waals surface area contributed by atoms with Gasteiger partial charge in [-0.1, -0.05) is 6.07 Å². The topological polar surface area (TPSA) is 41.0 Å². The minimum Gasteiger partial charge on any atom is -0.370 e. The van der Waals surface area contributed by atoms with Crippen molar-refractivity contribution in [1.29, 1.82) is 0 Å². The first-order valence-corrected chi connectivity index (χ1v) is 8.46. The summed E-state index contributed by atoms with van der Waals surface area (Å²) in [6.45, 7) is 5.19. The Morgan fingerprint density at radius 2 is 2.24 bits per heavy atom. The van der Waals surface area contributed by atoms with Crippen molar-refractivity contribution < 1.29 is 0 Å². The molecule has 0 aromatic carbocycles. The van der Waals surface area contributed by atoms with Gasteiger partial charge in [-0.2, -0.15) is 0 Å². The van der Waals surface area contributed by atoms with Crippen LogP contribution in [0, 0.1) is 0 Å². The monoisotopic (exact) mass is 302 g/mol. The van der Waals surface area contributed by atoms with Crippen molar-refractivity contribution in [3.05, 3.63) is 34.3 Å². The van der Waals surface area contributed by atoms with Crippen molar-refractivity contribution in [2.24, 2.45) is 0 Å². The van der Waals surface area contributed by atoms with Crippen molar-refractivity contribution in [2.45, 2.75) is 38.6 Å². The van der Waals surface area contributed by atoms with E-state index in [4.69, 9.17) is 4.98 Å². The van der Waals surface area contributed by atoms with Crippen LogP contribution >= 0.6 is 11.3 Å². The Labute approximate surface area is 130 Å². The standard InChI is InChI=1S/C16H22N4S/c1-4-17-14-10-15(19-16(18-14)12-7-8-12)20(3)11(2)13-6-5-9-21-13/h5-6,9-12H,4,7-8H2,1-3H3,(H,17,18,19). The van der Waals surface area contributed by atoms with Crippen LogP contribution in [0.25, 0.3) is 0 Å². The summed E-state index contributed by atoms with van der Waals surface area (Å²) in [7, 11) is 2.11. The Hall–Kier alpha value is -1.62. The van der Waals surface area contributed by atoms with E-state index in [1.807, 2.05) is 0 Å². The summed E-state index contributed by atoms with van der Waals surface area (Å²) in [5.41, 5.74) is 0. The molecule has 1 N–H and O–H groups in total. The maximum absolute atomic E-state index is 4.79. The van der Waals surface area contributed by atoms with Crippen LogP contribution in [-0.2, 0) is 0 Å². The zero-order valence-corrected chi connectivity index (χ0v) is 13.7. The molecule has 1 atom stereocenters. The summed E-state index contributed by atoms with van der Waals surface area (Å²) in [5.74, 6) is 3.50. The van der Waals surface area contributed by atoms with E-state index in [0.717, 1.165) is 24.0 Å². The quantitative estimate of drug-likeness (QED) is 0.874. The van der Waals surface area contributed by atoms with Gasteiger partial charge in [0, 0.05) is 30.5 Å². The molecule has 4 nitrogen and oxygen atoms in total. The number of aromatic nitrogens is 2. The molecule has 1 aliphatic carbocycles. The minimum atomic E-state index is 0.321. The summed E-state index contributed by atoms with van der Waals surface area (Å²) in [6, 6.07) is 6.66. The first-order chi connectivity index (χ1) is 10.2. The molecule has 1 saturated carbocycles. The van der Waals surface area contributed by atoms with E-state index in [1.54, 1.807) is 11.3 Å². The fraction of sp³-hybridized carbons (Fsp3) is 0.500. The van der Waals surface area contributed by atoms with Gasteiger partial charge in [0.2, 0.25) is 0 Å². The molecule has 0 radical (unpaired) electrons. The lowest BCUT2D eigenvalue weighted by Crippen LogP contribution is -2.23. The Bertz CT molecular complexity index is 592. The number of thiophene rings is 1. The number of nitrogens with one attached hydrogen (secondary N) is 1. The van der Waals surface area contributed by atoms with Crippen molar-refractivity contribution in [2.75, 3.05) is 23.8 Å². The number of rotatable bonds is 6. The molecule has 2 aromatic heterocycles.